The second-order valence-corrected chi connectivity index (χ2v) is 6.19. The summed E-state index contributed by atoms with van der Waals surface area (Å²) < 4.78 is 11.6. The molecular weight excluding hydrogens is 312 g/mol. The first kappa shape index (κ1) is 14.1. The van der Waals surface area contributed by atoms with Crippen molar-refractivity contribution in [2.24, 2.45) is 0 Å². The zero-order chi connectivity index (χ0) is 17.0. The van der Waals surface area contributed by atoms with Gasteiger partial charge >= 0.3 is 5.63 Å². The van der Waals surface area contributed by atoms with E-state index in [1.807, 2.05) is 61.5 Å². The van der Waals surface area contributed by atoms with E-state index in [1.54, 1.807) is 0 Å². The molecule has 0 amide bonds. The minimum atomic E-state index is -0.377. The lowest BCUT2D eigenvalue weighted by atomic mass is 9.98. The number of rotatable bonds is 1. The van der Waals surface area contributed by atoms with Crippen LogP contribution in [0.15, 0.2) is 80.4 Å². The van der Waals surface area contributed by atoms with Crippen molar-refractivity contribution in [3.63, 3.8) is 0 Å². The minimum Gasteiger partial charge on any atom is -0.456 e. The molecule has 0 unspecified atom stereocenters. The van der Waals surface area contributed by atoms with Crippen LogP contribution in [0.3, 0.4) is 0 Å². The number of fused-ring (bicyclic) bond motifs is 4. The monoisotopic (exact) mass is 326 g/mol. The molecule has 0 fully saturated rings. The topological polar surface area (TPSA) is 43.4 Å². The molecule has 3 aromatic carbocycles. The van der Waals surface area contributed by atoms with Crippen LogP contribution in [0, 0.1) is 6.92 Å². The van der Waals surface area contributed by atoms with Crippen molar-refractivity contribution in [3.05, 3.63) is 82.7 Å². The summed E-state index contributed by atoms with van der Waals surface area (Å²) in [5, 5.41) is 4.09. The third kappa shape index (κ3) is 2.02. The molecule has 2 aromatic heterocycles. The SMILES string of the molecule is Cc1c(-c2cc(=O)oc3ccc4ccccc4c23)oc2ccccc12. The summed E-state index contributed by atoms with van der Waals surface area (Å²) in [4.78, 5) is 12.1. The molecule has 5 aromatic rings. The van der Waals surface area contributed by atoms with Crippen LogP contribution in [0.2, 0.25) is 0 Å². The highest BCUT2D eigenvalue weighted by Gasteiger charge is 2.18. The number of furan rings is 1. The van der Waals surface area contributed by atoms with Crippen LogP contribution in [0.25, 0.3) is 44.0 Å². The van der Waals surface area contributed by atoms with E-state index in [2.05, 4.69) is 6.07 Å². The maximum absolute atomic E-state index is 12.1. The highest BCUT2D eigenvalue weighted by molar-refractivity contribution is 6.12. The summed E-state index contributed by atoms with van der Waals surface area (Å²) in [5.41, 5.74) is 2.81. The first-order valence-corrected chi connectivity index (χ1v) is 8.16. The average molecular weight is 326 g/mol. The van der Waals surface area contributed by atoms with Gasteiger partial charge in [0.15, 0.2) is 0 Å². The fourth-order valence-corrected chi connectivity index (χ4v) is 3.55. The van der Waals surface area contributed by atoms with E-state index >= 15 is 0 Å². The Morgan fingerprint density at radius 2 is 1.52 bits per heavy atom. The van der Waals surface area contributed by atoms with E-state index in [0.29, 0.717) is 5.58 Å². The number of aryl methyl sites for hydroxylation is 1. The maximum Gasteiger partial charge on any atom is 0.336 e. The number of para-hydroxylation sites is 1. The normalized spacial score (nSPS) is 11.6. The lowest BCUT2D eigenvalue weighted by molar-refractivity contribution is 0.560. The zero-order valence-electron chi connectivity index (χ0n) is 13.6. The molecular formula is C22H14O3. The van der Waals surface area contributed by atoms with E-state index in [-0.39, 0.29) is 5.63 Å². The molecule has 0 aliphatic rings. The fourth-order valence-electron chi connectivity index (χ4n) is 3.55. The Labute approximate surface area is 143 Å². The molecule has 0 saturated heterocycles. The van der Waals surface area contributed by atoms with Crippen molar-refractivity contribution < 1.29 is 8.83 Å². The van der Waals surface area contributed by atoms with Crippen LogP contribution in [0.5, 0.6) is 0 Å². The van der Waals surface area contributed by atoms with Gasteiger partial charge in [-0.05, 0) is 29.8 Å². The van der Waals surface area contributed by atoms with E-state index < -0.39 is 0 Å². The summed E-state index contributed by atoms with van der Waals surface area (Å²) in [6.45, 7) is 2.02. The lowest BCUT2D eigenvalue weighted by Gasteiger charge is -2.07. The predicted octanol–water partition coefficient (Wildman–Crippen LogP) is 5.67. The first-order valence-electron chi connectivity index (χ1n) is 8.16. The van der Waals surface area contributed by atoms with Gasteiger partial charge in [0, 0.05) is 28.0 Å². The van der Waals surface area contributed by atoms with Gasteiger partial charge in [-0.15, -0.1) is 0 Å². The Kier molecular flexibility index (Phi) is 2.86. The molecule has 2 heterocycles. The Morgan fingerprint density at radius 3 is 2.36 bits per heavy atom. The van der Waals surface area contributed by atoms with Gasteiger partial charge in [-0.25, -0.2) is 4.79 Å². The van der Waals surface area contributed by atoms with Crippen LogP contribution in [0.1, 0.15) is 5.56 Å². The minimum absolute atomic E-state index is 0.377. The third-order valence-corrected chi connectivity index (χ3v) is 4.72. The molecule has 120 valence electrons. The Morgan fingerprint density at radius 1 is 0.760 bits per heavy atom. The predicted molar refractivity (Wildman–Crippen MR) is 99.9 cm³/mol. The Balaban J connectivity index is 1.99. The molecule has 0 spiro atoms. The van der Waals surface area contributed by atoms with Crippen LogP contribution in [-0.2, 0) is 0 Å². The number of hydrogen-bond donors (Lipinski definition) is 0. The molecule has 0 radical (unpaired) electrons. The van der Waals surface area contributed by atoms with Crippen LogP contribution in [0.4, 0.5) is 0 Å². The van der Waals surface area contributed by atoms with Crippen molar-refractivity contribution in [1.82, 2.24) is 0 Å². The van der Waals surface area contributed by atoms with E-state index in [0.717, 1.165) is 44.0 Å². The van der Waals surface area contributed by atoms with Crippen molar-refractivity contribution in [1.29, 1.82) is 0 Å². The molecule has 5 rings (SSSR count). The summed E-state index contributed by atoms with van der Waals surface area (Å²) in [6, 6.07) is 21.3. The molecule has 0 atom stereocenters. The van der Waals surface area contributed by atoms with Gasteiger partial charge in [0.05, 0.1) is 0 Å². The lowest BCUT2D eigenvalue weighted by Crippen LogP contribution is -1.98. The third-order valence-electron chi connectivity index (χ3n) is 4.72. The van der Waals surface area contributed by atoms with E-state index in [9.17, 15) is 4.79 Å². The fraction of sp³-hybridized carbons (Fsp3) is 0.0455. The quantitative estimate of drug-likeness (QED) is 0.294. The molecule has 0 N–H and O–H groups in total. The second-order valence-electron chi connectivity index (χ2n) is 6.19. The van der Waals surface area contributed by atoms with Crippen molar-refractivity contribution in [2.75, 3.05) is 0 Å². The van der Waals surface area contributed by atoms with Crippen molar-refractivity contribution in [3.8, 4) is 11.3 Å². The highest BCUT2D eigenvalue weighted by Crippen LogP contribution is 2.38. The zero-order valence-corrected chi connectivity index (χ0v) is 13.6. The van der Waals surface area contributed by atoms with Gasteiger partial charge in [0.2, 0.25) is 0 Å². The number of hydrogen-bond acceptors (Lipinski definition) is 3. The largest absolute Gasteiger partial charge is 0.456 e. The van der Waals surface area contributed by atoms with Crippen LogP contribution < -0.4 is 5.63 Å². The van der Waals surface area contributed by atoms with E-state index in [1.165, 1.54) is 6.07 Å². The number of benzene rings is 3. The summed E-state index contributed by atoms with van der Waals surface area (Å²) in [7, 11) is 0. The second kappa shape index (κ2) is 5.08. The van der Waals surface area contributed by atoms with Crippen molar-refractivity contribution >= 4 is 32.7 Å². The van der Waals surface area contributed by atoms with Gasteiger partial charge in [-0.3, -0.25) is 0 Å². The molecule has 0 bridgehead atoms. The summed E-state index contributed by atoms with van der Waals surface area (Å²) >= 11 is 0. The standard InChI is InChI=1S/C22H14O3/c1-13-15-7-4-5-9-18(15)25-22(13)17-12-20(23)24-19-11-10-14-6-2-3-8-16(14)21(17)19/h2-12H,1H3. The summed E-state index contributed by atoms with van der Waals surface area (Å²) in [6.07, 6.45) is 0. The van der Waals surface area contributed by atoms with Gasteiger partial charge < -0.3 is 8.83 Å². The molecule has 3 nitrogen and oxygen atoms in total. The van der Waals surface area contributed by atoms with Gasteiger partial charge in [-0.1, -0.05) is 48.5 Å². The average Bonchev–Trinajstić information content (AvgIpc) is 2.97. The van der Waals surface area contributed by atoms with Crippen LogP contribution >= 0.6 is 0 Å². The molecule has 3 heteroatoms. The van der Waals surface area contributed by atoms with Gasteiger partial charge in [0.1, 0.15) is 16.9 Å². The molecule has 0 aliphatic heterocycles. The highest BCUT2D eigenvalue weighted by atomic mass is 16.4. The van der Waals surface area contributed by atoms with Crippen LogP contribution in [-0.4, -0.2) is 0 Å². The first-order chi connectivity index (χ1) is 12.2. The van der Waals surface area contributed by atoms with Gasteiger partial charge in [0.25, 0.3) is 0 Å². The Hall–Kier alpha value is -3.33. The van der Waals surface area contributed by atoms with Gasteiger partial charge in [-0.2, -0.15) is 0 Å². The van der Waals surface area contributed by atoms with Crippen molar-refractivity contribution in [2.45, 2.75) is 6.92 Å². The summed E-state index contributed by atoms with van der Waals surface area (Å²) in [5.74, 6) is 0.718. The smallest absolute Gasteiger partial charge is 0.336 e. The maximum atomic E-state index is 12.1. The van der Waals surface area contributed by atoms with E-state index in [4.69, 9.17) is 8.83 Å². The Bertz CT molecular complexity index is 1320. The molecule has 25 heavy (non-hydrogen) atoms. The molecule has 0 aliphatic carbocycles. The molecule has 0 saturated carbocycles.